The first-order valence-electron chi connectivity index (χ1n) is 8.01. The Hall–Kier alpha value is -3.75. The van der Waals surface area contributed by atoms with Gasteiger partial charge in [-0.25, -0.2) is 10.9 Å². The van der Waals surface area contributed by atoms with Gasteiger partial charge in [0.05, 0.1) is 5.69 Å². The predicted octanol–water partition coefficient (Wildman–Crippen LogP) is 0.547. The fourth-order valence-electron chi connectivity index (χ4n) is 2.91. The molecule has 9 heteroatoms. The molecule has 0 saturated carbocycles. The Morgan fingerprint density at radius 1 is 1.04 bits per heavy atom. The molecule has 0 fully saturated rings. The highest BCUT2D eigenvalue weighted by Gasteiger charge is 2.29. The van der Waals surface area contributed by atoms with E-state index in [0.29, 0.717) is 11.3 Å². The Morgan fingerprint density at radius 2 is 1.77 bits per heavy atom. The van der Waals surface area contributed by atoms with Crippen LogP contribution in [0.3, 0.4) is 0 Å². The van der Waals surface area contributed by atoms with Gasteiger partial charge in [0.25, 0.3) is 11.8 Å². The van der Waals surface area contributed by atoms with Crippen LogP contribution in [0.25, 0.3) is 0 Å². The molecule has 1 aliphatic carbocycles. The molecular weight excluding hydrogens is 334 g/mol. The highest BCUT2D eigenvalue weighted by molar-refractivity contribution is 6.53. The largest absolute Gasteiger partial charge is 0.324 e. The smallest absolute Gasteiger partial charge is 0.276 e. The first-order chi connectivity index (χ1) is 12.6. The van der Waals surface area contributed by atoms with Gasteiger partial charge in [-0.2, -0.15) is 10.2 Å². The molecule has 3 aliphatic rings. The summed E-state index contributed by atoms with van der Waals surface area (Å²) < 4.78 is 0. The second-order valence-corrected chi connectivity index (χ2v) is 5.81. The second kappa shape index (κ2) is 6.28. The third-order valence-corrected chi connectivity index (χ3v) is 4.11. The van der Waals surface area contributed by atoms with Crippen molar-refractivity contribution in [2.45, 2.75) is 12.8 Å². The van der Waals surface area contributed by atoms with Gasteiger partial charge in [0.2, 0.25) is 5.96 Å². The molecule has 2 aliphatic heterocycles. The molecule has 130 valence electrons. The van der Waals surface area contributed by atoms with Crippen LogP contribution in [0.15, 0.2) is 57.9 Å². The number of amides is 2. The van der Waals surface area contributed by atoms with Crippen LogP contribution in [0.4, 0.5) is 5.69 Å². The van der Waals surface area contributed by atoms with Crippen molar-refractivity contribution in [2.75, 3.05) is 5.32 Å². The minimum Gasteiger partial charge on any atom is -0.324 e. The number of allylic oxidation sites excluding steroid dienone is 3. The van der Waals surface area contributed by atoms with Gasteiger partial charge in [0, 0.05) is 16.8 Å². The van der Waals surface area contributed by atoms with Gasteiger partial charge in [-0.3, -0.25) is 15.0 Å². The molecule has 2 amide bonds. The molecule has 0 aromatic heterocycles. The predicted molar refractivity (Wildman–Crippen MR) is 96.6 cm³/mol. The summed E-state index contributed by atoms with van der Waals surface area (Å²) in [5.41, 5.74) is 8.18. The number of carbonyl (C=O) groups is 2. The van der Waals surface area contributed by atoms with Crippen LogP contribution in [0.1, 0.15) is 18.4 Å². The molecule has 1 aromatic carbocycles. The Morgan fingerprint density at radius 3 is 2.62 bits per heavy atom. The van der Waals surface area contributed by atoms with E-state index in [1.165, 1.54) is 0 Å². The topological polar surface area (TPSA) is 131 Å². The lowest BCUT2D eigenvalue weighted by Gasteiger charge is -2.06. The number of nitrogens with zero attached hydrogens (tertiary/aromatic N) is 2. The van der Waals surface area contributed by atoms with Crippen LogP contribution in [-0.4, -0.2) is 29.2 Å². The van der Waals surface area contributed by atoms with Crippen LogP contribution in [-0.2, 0) is 9.59 Å². The van der Waals surface area contributed by atoms with Gasteiger partial charge >= 0.3 is 0 Å². The lowest BCUT2D eigenvalue weighted by Crippen LogP contribution is -2.33. The van der Waals surface area contributed by atoms with Crippen molar-refractivity contribution in [1.82, 2.24) is 16.2 Å². The summed E-state index contributed by atoms with van der Waals surface area (Å²) in [6.45, 7) is 0. The minimum absolute atomic E-state index is 0.179. The minimum atomic E-state index is -0.352. The summed E-state index contributed by atoms with van der Waals surface area (Å²) in [5.74, 6) is -0.920. The fourth-order valence-corrected chi connectivity index (χ4v) is 2.91. The number of hydrogen-bond acceptors (Lipinski definition) is 5. The van der Waals surface area contributed by atoms with Crippen molar-refractivity contribution < 1.29 is 9.59 Å². The van der Waals surface area contributed by atoms with Crippen molar-refractivity contribution in [2.24, 2.45) is 10.2 Å². The lowest BCUT2D eigenvalue weighted by atomic mass is 10.0. The highest BCUT2D eigenvalue weighted by Crippen LogP contribution is 2.23. The van der Waals surface area contributed by atoms with Crippen molar-refractivity contribution in [3.05, 3.63) is 53.3 Å². The summed E-state index contributed by atoms with van der Waals surface area (Å²) in [5, 5.41) is 21.2. The average molecular weight is 349 g/mol. The highest BCUT2D eigenvalue weighted by atomic mass is 16.2. The summed E-state index contributed by atoms with van der Waals surface area (Å²) in [4.78, 5) is 23.9. The maximum Gasteiger partial charge on any atom is 0.276 e. The van der Waals surface area contributed by atoms with Crippen molar-refractivity contribution in [3.63, 3.8) is 0 Å². The van der Waals surface area contributed by atoms with Gasteiger partial charge in [-0.15, -0.1) is 0 Å². The van der Waals surface area contributed by atoms with Gasteiger partial charge in [-0.05, 0) is 18.9 Å². The van der Waals surface area contributed by atoms with Crippen LogP contribution in [0.2, 0.25) is 0 Å². The molecular formula is C17H15N7O2. The molecule has 0 radical (unpaired) electrons. The van der Waals surface area contributed by atoms with E-state index in [4.69, 9.17) is 5.41 Å². The fraction of sp³-hybridized carbons (Fsp3) is 0.118. The van der Waals surface area contributed by atoms with E-state index in [-0.39, 0.29) is 29.2 Å². The quantitative estimate of drug-likeness (QED) is 0.303. The van der Waals surface area contributed by atoms with E-state index in [2.05, 4.69) is 31.7 Å². The normalized spacial score (nSPS) is 20.8. The SMILES string of the molecule is N=C(N/N=C1\C(=O)NC2=C1C=CCC2)N/N=C1\C(=O)Nc2ccccc21. The zero-order valence-electron chi connectivity index (χ0n) is 13.6. The van der Waals surface area contributed by atoms with Crippen LogP contribution < -0.4 is 21.5 Å². The number of hydrogen-bond donors (Lipinski definition) is 5. The standard InChI is InChI=1S/C17H15N7O2/c18-17(23-21-13-9-5-1-3-7-11(9)19-15(13)25)24-22-14-10-6-2-4-8-12(10)20-16(14)26/h1-3,5-7H,4,8H2,(H3,18,23,24)(H,19,21,25)(H,20,22,26). The molecule has 0 spiro atoms. The number of anilines is 1. The summed E-state index contributed by atoms with van der Waals surface area (Å²) in [6, 6.07) is 7.14. The van der Waals surface area contributed by atoms with E-state index in [1.54, 1.807) is 18.2 Å². The molecule has 26 heavy (non-hydrogen) atoms. The van der Waals surface area contributed by atoms with E-state index >= 15 is 0 Å². The van der Waals surface area contributed by atoms with E-state index in [0.717, 1.165) is 24.1 Å². The van der Waals surface area contributed by atoms with Crippen molar-refractivity contribution in [3.8, 4) is 0 Å². The molecule has 1 aromatic rings. The van der Waals surface area contributed by atoms with Crippen LogP contribution in [0, 0.1) is 5.41 Å². The van der Waals surface area contributed by atoms with Crippen molar-refractivity contribution in [1.29, 1.82) is 5.41 Å². The zero-order valence-corrected chi connectivity index (χ0v) is 13.6. The Balaban J connectivity index is 1.45. The molecule has 0 atom stereocenters. The number of hydrazone groups is 2. The summed E-state index contributed by atoms with van der Waals surface area (Å²) >= 11 is 0. The van der Waals surface area contributed by atoms with Crippen molar-refractivity contribution >= 4 is 34.9 Å². The maximum atomic E-state index is 12.0. The molecule has 2 heterocycles. The molecule has 5 N–H and O–H groups in total. The number of benzene rings is 1. The average Bonchev–Trinajstić information content (AvgIpc) is 3.13. The Kier molecular flexibility index (Phi) is 3.81. The molecule has 0 saturated heterocycles. The van der Waals surface area contributed by atoms with Crippen LogP contribution >= 0.6 is 0 Å². The lowest BCUT2D eigenvalue weighted by molar-refractivity contribution is -0.113. The first kappa shape index (κ1) is 15.8. The number of guanidine groups is 1. The maximum absolute atomic E-state index is 12.0. The summed E-state index contributed by atoms with van der Waals surface area (Å²) in [7, 11) is 0. The molecule has 0 bridgehead atoms. The molecule has 9 nitrogen and oxygen atoms in total. The van der Waals surface area contributed by atoms with Gasteiger partial charge < -0.3 is 10.6 Å². The third-order valence-electron chi connectivity index (χ3n) is 4.11. The number of fused-ring (bicyclic) bond motifs is 1. The Labute approximate surface area is 148 Å². The second-order valence-electron chi connectivity index (χ2n) is 5.81. The van der Waals surface area contributed by atoms with Crippen LogP contribution in [0.5, 0.6) is 0 Å². The van der Waals surface area contributed by atoms with E-state index < -0.39 is 0 Å². The number of rotatable bonds is 2. The summed E-state index contributed by atoms with van der Waals surface area (Å²) in [6.07, 6.45) is 5.45. The monoisotopic (exact) mass is 349 g/mol. The van der Waals surface area contributed by atoms with Gasteiger partial charge in [-0.1, -0.05) is 30.4 Å². The number of para-hydroxylation sites is 1. The van der Waals surface area contributed by atoms with E-state index in [9.17, 15) is 9.59 Å². The van der Waals surface area contributed by atoms with E-state index in [1.807, 2.05) is 18.2 Å². The number of nitrogens with one attached hydrogen (secondary N) is 5. The Bertz CT molecular complexity index is 956. The molecule has 0 unspecified atom stereocenters. The zero-order chi connectivity index (χ0) is 18.1. The number of carbonyl (C=O) groups excluding carboxylic acids is 2. The van der Waals surface area contributed by atoms with Gasteiger partial charge in [0.1, 0.15) is 0 Å². The molecule has 4 rings (SSSR count). The third kappa shape index (κ3) is 2.75. The van der Waals surface area contributed by atoms with Gasteiger partial charge in [0.15, 0.2) is 11.4 Å². The first-order valence-corrected chi connectivity index (χ1v) is 8.01.